The van der Waals surface area contributed by atoms with Gasteiger partial charge in [-0.2, -0.15) is 0 Å². The zero-order valence-electron chi connectivity index (χ0n) is 9.02. The molecule has 1 aromatic carbocycles. The maximum absolute atomic E-state index is 4.47. The van der Waals surface area contributed by atoms with E-state index in [-0.39, 0.29) is 0 Å². The largest absolute Gasteiger partial charge is 0.240 e. The van der Waals surface area contributed by atoms with Gasteiger partial charge in [-0.1, -0.05) is 49.6 Å². The van der Waals surface area contributed by atoms with Crippen LogP contribution in [0.4, 0.5) is 0 Å². The summed E-state index contributed by atoms with van der Waals surface area (Å²) in [4.78, 5) is 4.47. The van der Waals surface area contributed by atoms with Gasteiger partial charge in [-0.3, -0.25) is 0 Å². The van der Waals surface area contributed by atoms with E-state index in [2.05, 4.69) is 23.0 Å². The molecule has 0 aliphatic heterocycles. The van der Waals surface area contributed by atoms with Gasteiger partial charge in [0.15, 0.2) is 0 Å². The second-order valence-electron chi connectivity index (χ2n) is 4.11. The van der Waals surface area contributed by atoms with Gasteiger partial charge in [0.05, 0.1) is 6.04 Å². The highest BCUT2D eigenvalue weighted by Gasteiger charge is 2.10. The molecule has 78 valence electrons. The average Bonchev–Trinajstić information content (AvgIpc) is 2.32. The highest BCUT2D eigenvalue weighted by atomic mass is 14.8. The zero-order chi connectivity index (χ0) is 10.3. The minimum Gasteiger partial charge on any atom is -0.240 e. The Hall–Kier alpha value is -1.33. The summed E-state index contributed by atoms with van der Waals surface area (Å²) >= 11 is 0. The number of benzene rings is 1. The lowest BCUT2D eigenvalue weighted by molar-refractivity contribution is 0.445. The molecule has 15 heavy (non-hydrogen) atoms. The van der Waals surface area contributed by atoms with Crippen molar-refractivity contribution in [2.45, 2.75) is 38.1 Å². The van der Waals surface area contributed by atoms with Crippen molar-refractivity contribution in [3.8, 4) is 0 Å². The van der Waals surface area contributed by atoms with E-state index in [0.29, 0.717) is 6.04 Å². The quantitative estimate of drug-likeness (QED) is 0.644. The van der Waals surface area contributed by atoms with Crippen LogP contribution in [0.1, 0.15) is 37.7 Å². The van der Waals surface area contributed by atoms with Crippen LogP contribution in [0, 0.1) is 0 Å². The summed E-state index contributed by atoms with van der Waals surface area (Å²) in [7, 11) is 0. The third-order valence-electron chi connectivity index (χ3n) is 2.86. The van der Waals surface area contributed by atoms with Crippen LogP contribution in [0.3, 0.4) is 0 Å². The molecule has 0 heterocycles. The Morgan fingerprint density at radius 3 is 2.53 bits per heavy atom. The Kier molecular flexibility index (Phi) is 3.76. The number of aliphatic imine (C=N–C) groups is 1. The summed E-state index contributed by atoms with van der Waals surface area (Å²) in [6.45, 7) is 0. The van der Waals surface area contributed by atoms with E-state index in [1.807, 2.05) is 24.3 Å². The smallest absolute Gasteiger partial charge is 0.0594 e. The van der Waals surface area contributed by atoms with Crippen LogP contribution in [0.15, 0.2) is 35.3 Å². The molecule has 1 aliphatic carbocycles. The Balaban J connectivity index is 1.95. The number of rotatable bonds is 2. The highest BCUT2D eigenvalue weighted by Crippen LogP contribution is 2.19. The second kappa shape index (κ2) is 5.53. The van der Waals surface area contributed by atoms with Gasteiger partial charge in [-0.05, 0) is 24.3 Å². The van der Waals surface area contributed by atoms with Gasteiger partial charge in [-0.25, -0.2) is 4.99 Å². The lowest BCUT2D eigenvalue weighted by Gasteiger charge is -2.15. The molecule has 0 radical (unpaired) electrons. The van der Waals surface area contributed by atoms with Gasteiger partial charge in [0.1, 0.15) is 0 Å². The summed E-state index contributed by atoms with van der Waals surface area (Å²) in [5.41, 5.74) is 1.18. The number of hydrogen-bond donors (Lipinski definition) is 0. The molecule has 2 rings (SSSR count). The molecular formula is C14H17N. The Morgan fingerprint density at radius 2 is 1.80 bits per heavy atom. The third kappa shape index (κ3) is 3.38. The average molecular weight is 199 g/mol. The van der Waals surface area contributed by atoms with Crippen LogP contribution >= 0.6 is 0 Å². The van der Waals surface area contributed by atoms with Crippen LogP contribution in [-0.4, -0.2) is 11.9 Å². The SMILES string of the molecule is C(=Cc1ccccc1)=NC1CCCCC1. The molecule has 0 spiro atoms. The molecule has 0 N–H and O–H groups in total. The monoisotopic (exact) mass is 199 g/mol. The van der Waals surface area contributed by atoms with Crippen molar-refractivity contribution in [2.24, 2.45) is 4.99 Å². The molecule has 0 atom stereocenters. The summed E-state index contributed by atoms with van der Waals surface area (Å²) in [5, 5.41) is 0. The lowest BCUT2D eigenvalue weighted by atomic mass is 9.96. The second-order valence-corrected chi connectivity index (χ2v) is 4.11. The van der Waals surface area contributed by atoms with Crippen molar-refractivity contribution in [1.82, 2.24) is 0 Å². The van der Waals surface area contributed by atoms with Crippen molar-refractivity contribution in [3.63, 3.8) is 0 Å². The van der Waals surface area contributed by atoms with Crippen LogP contribution in [0.5, 0.6) is 0 Å². The van der Waals surface area contributed by atoms with Crippen LogP contribution in [0.25, 0.3) is 6.08 Å². The maximum atomic E-state index is 4.47. The molecule has 1 aliphatic rings. The van der Waals surface area contributed by atoms with Crippen molar-refractivity contribution in [3.05, 3.63) is 35.9 Å². The molecule has 0 amide bonds. The molecule has 0 aromatic heterocycles. The van der Waals surface area contributed by atoms with Crippen LogP contribution in [0.2, 0.25) is 0 Å². The number of nitrogens with zero attached hydrogens (tertiary/aromatic N) is 1. The molecule has 1 fully saturated rings. The first-order chi connectivity index (χ1) is 7.45. The van der Waals surface area contributed by atoms with E-state index in [4.69, 9.17) is 0 Å². The molecule has 1 nitrogen and oxygen atoms in total. The summed E-state index contributed by atoms with van der Waals surface area (Å²) in [6, 6.07) is 10.8. The Labute approximate surface area is 91.6 Å². The molecular weight excluding hydrogens is 182 g/mol. The maximum Gasteiger partial charge on any atom is 0.0594 e. The molecule has 1 aromatic rings. The minimum atomic E-state index is 0.527. The van der Waals surface area contributed by atoms with Crippen molar-refractivity contribution in [2.75, 3.05) is 0 Å². The molecule has 0 bridgehead atoms. The normalized spacial score (nSPS) is 16.8. The lowest BCUT2D eigenvalue weighted by Crippen LogP contribution is -2.08. The first kappa shape index (κ1) is 10.2. The molecule has 1 saturated carbocycles. The van der Waals surface area contributed by atoms with Crippen LogP contribution < -0.4 is 0 Å². The Morgan fingerprint density at radius 1 is 1.07 bits per heavy atom. The van der Waals surface area contributed by atoms with Gasteiger partial charge in [0.2, 0.25) is 0 Å². The van der Waals surface area contributed by atoms with Crippen molar-refractivity contribution >= 4 is 11.9 Å². The van der Waals surface area contributed by atoms with E-state index in [1.165, 1.54) is 37.7 Å². The fourth-order valence-electron chi connectivity index (χ4n) is 1.98. The zero-order valence-corrected chi connectivity index (χ0v) is 9.02. The van der Waals surface area contributed by atoms with Gasteiger partial charge in [-0.15, -0.1) is 0 Å². The fourth-order valence-corrected chi connectivity index (χ4v) is 1.98. The van der Waals surface area contributed by atoms with E-state index in [0.717, 1.165) is 0 Å². The topological polar surface area (TPSA) is 12.4 Å². The standard InChI is InChI=1S/C14H17N/c1-3-7-13(8-4-1)11-12-15-14-9-5-2-6-10-14/h1,3-4,7-8,11,14H,2,5-6,9-10H2. The van der Waals surface area contributed by atoms with Crippen molar-refractivity contribution in [1.29, 1.82) is 0 Å². The summed E-state index contributed by atoms with van der Waals surface area (Å²) < 4.78 is 0. The van der Waals surface area contributed by atoms with Gasteiger partial charge < -0.3 is 0 Å². The predicted octanol–water partition coefficient (Wildman–Crippen LogP) is 3.70. The summed E-state index contributed by atoms with van der Waals surface area (Å²) in [6.07, 6.45) is 8.51. The van der Waals surface area contributed by atoms with Gasteiger partial charge in [0.25, 0.3) is 0 Å². The first-order valence-corrected chi connectivity index (χ1v) is 5.79. The van der Waals surface area contributed by atoms with E-state index >= 15 is 0 Å². The molecule has 0 saturated heterocycles. The minimum absolute atomic E-state index is 0.527. The number of hydrogen-bond acceptors (Lipinski definition) is 1. The molecule has 1 heteroatoms. The Bertz CT molecular complexity index is 341. The highest BCUT2D eigenvalue weighted by molar-refractivity contribution is 5.77. The predicted molar refractivity (Wildman–Crippen MR) is 65.2 cm³/mol. The molecule has 0 unspecified atom stereocenters. The van der Waals surface area contributed by atoms with Gasteiger partial charge in [0, 0.05) is 6.08 Å². The third-order valence-corrected chi connectivity index (χ3v) is 2.86. The first-order valence-electron chi connectivity index (χ1n) is 5.79. The van der Waals surface area contributed by atoms with Crippen molar-refractivity contribution < 1.29 is 0 Å². The fraction of sp³-hybridized carbons (Fsp3) is 0.429. The van der Waals surface area contributed by atoms with Crippen LogP contribution in [-0.2, 0) is 0 Å². The van der Waals surface area contributed by atoms with Gasteiger partial charge >= 0.3 is 0 Å². The van der Waals surface area contributed by atoms with E-state index in [1.54, 1.807) is 0 Å². The van der Waals surface area contributed by atoms with E-state index in [9.17, 15) is 0 Å². The summed E-state index contributed by atoms with van der Waals surface area (Å²) in [5.74, 6) is 3.07. The van der Waals surface area contributed by atoms with E-state index < -0.39 is 0 Å².